The number of nitriles is 1. The monoisotopic (exact) mass is 345 g/mol. The molecule has 0 saturated heterocycles. The van der Waals surface area contributed by atoms with Crippen molar-refractivity contribution in [3.63, 3.8) is 0 Å². The molecule has 0 spiro atoms. The molecule has 1 aliphatic carbocycles. The quantitative estimate of drug-likeness (QED) is 0.708. The third-order valence-electron chi connectivity index (χ3n) is 4.11. The lowest BCUT2D eigenvalue weighted by Crippen LogP contribution is -2.39. The molecule has 0 aromatic heterocycles. The van der Waals surface area contributed by atoms with Crippen molar-refractivity contribution in [3.8, 4) is 6.07 Å². The lowest BCUT2D eigenvalue weighted by atomic mass is 10.1. The molecule has 1 fully saturated rings. The molecule has 5 nitrogen and oxygen atoms in total. The van der Waals surface area contributed by atoms with Crippen molar-refractivity contribution < 1.29 is 9.59 Å². The Morgan fingerprint density at radius 1 is 1.21 bits per heavy atom. The van der Waals surface area contributed by atoms with Crippen LogP contribution < -0.4 is 10.6 Å². The minimum atomic E-state index is -0.153. The largest absolute Gasteiger partial charge is 0.354 e. The summed E-state index contributed by atoms with van der Waals surface area (Å²) < 4.78 is 0. The molecule has 2 amide bonds. The Labute approximate surface area is 147 Å². The van der Waals surface area contributed by atoms with Crippen LogP contribution in [0.2, 0.25) is 0 Å². The van der Waals surface area contributed by atoms with E-state index in [1.807, 2.05) is 24.3 Å². The van der Waals surface area contributed by atoms with Crippen molar-refractivity contribution in [1.82, 2.24) is 10.6 Å². The normalized spacial score (nSPS) is 14.1. The van der Waals surface area contributed by atoms with E-state index >= 15 is 0 Å². The van der Waals surface area contributed by atoms with Gasteiger partial charge in [0, 0.05) is 24.0 Å². The number of benzene rings is 1. The van der Waals surface area contributed by atoms with Crippen LogP contribution >= 0.6 is 11.8 Å². The van der Waals surface area contributed by atoms with Crippen molar-refractivity contribution in [2.24, 2.45) is 5.92 Å². The van der Waals surface area contributed by atoms with E-state index in [-0.39, 0.29) is 24.3 Å². The molecular weight excluding hydrogens is 322 g/mol. The van der Waals surface area contributed by atoms with Crippen LogP contribution in [0.15, 0.2) is 24.3 Å². The first kappa shape index (κ1) is 18.3. The SMILES string of the molecule is N#Cc1ccccc1CSCCNC(=O)CNC(=O)C1CCCC1. The number of amides is 2. The van der Waals surface area contributed by atoms with Gasteiger partial charge in [-0.25, -0.2) is 0 Å². The van der Waals surface area contributed by atoms with Gasteiger partial charge in [0.15, 0.2) is 0 Å². The summed E-state index contributed by atoms with van der Waals surface area (Å²) in [7, 11) is 0. The first-order valence-electron chi connectivity index (χ1n) is 8.31. The van der Waals surface area contributed by atoms with Gasteiger partial charge in [0.2, 0.25) is 11.8 Å². The second kappa shape index (κ2) is 9.99. The maximum Gasteiger partial charge on any atom is 0.239 e. The summed E-state index contributed by atoms with van der Waals surface area (Å²) in [6.45, 7) is 0.606. The zero-order valence-electron chi connectivity index (χ0n) is 13.7. The van der Waals surface area contributed by atoms with Crippen LogP contribution in [0.25, 0.3) is 0 Å². The Hall–Kier alpha value is -2.00. The number of rotatable bonds is 8. The van der Waals surface area contributed by atoms with Crippen molar-refractivity contribution in [1.29, 1.82) is 5.26 Å². The van der Waals surface area contributed by atoms with Gasteiger partial charge in [-0.15, -0.1) is 0 Å². The smallest absolute Gasteiger partial charge is 0.239 e. The maximum absolute atomic E-state index is 11.8. The molecule has 2 rings (SSSR count). The van der Waals surface area contributed by atoms with Crippen LogP contribution in [-0.4, -0.2) is 30.7 Å². The number of thioether (sulfide) groups is 1. The number of nitrogens with one attached hydrogen (secondary N) is 2. The van der Waals surface area contributed by atoms with Gasteiger partial charge in [0.05, 0.1) is 18.2 Å². The lowest BCUT2D eigenvalue weighted by molar-refractivity contribution is -0.128. The second-order valence-corrected chi connectivity index (χ2v) is 6.98. The first-order chi connectivity index (χ1) is 11.7. The maximum atomic E-state index is 11.8. The van der Waals surface area contributed by atoms with E-state index in [1.54, 1.807) is 11.8 Å². The fourth-order valence-electron chi connectivity index (χ4n) is 2.76. The predicted molar refractivity (Wildman–Crippen MR) is 95.3 cm³/mol. The molecule has 0 heterocycles. The Morgan fingerprint density at radius 2 is 1.96 bits per heavy atom. The van der Waals surface area contributed by atoms with Crippen molar-refractivity contribution >= 4 is 23.6 Å². The molecule has 24 heavy (non-hydrogen) atoms. The van der Waals surface area contributed by atoms with Gasteiger partial charge in [-0.1, -0.05) is 31.0 Å². The minimum Gasteiger partial charge on any atom is -0.354 e. The Kier molecular flexibility index (Phi) is 7.63. The Morgan fingerprint density at radius 3 is 2.71 bits per heavy atom. The van der Waals surface area contributed by atoms with Crippen molar-refractivity contribution in [3.05, 3.63) is 35.4 Å². The fourth-order valence-corrected chi connectivity index (χ4v) is 3.62. The van der Waals surface area contributed by atoms with Crippen LogP contribution in [0.5, 0.6) is 0 Å². The van der Waals surface area contributed by atoms with Gasteiger partial charge in [-0.05, 0) is 24.5 Å². The molecular formula is C18H23N3O2S. The highest BCUT2D eigenvalue weighted by Crippen LogP contribution is 2.24. The molecule has 0 atom stereocenters. The molecule has 2 N–H and O–H groups in total. The summed E-state index contributed by atoms with van der Waals surface area (Å²) in [6, 6.07) is 9.72. The van der Waals surface area contributed by atoms with E-state index in [1.165, 1.54) is 0 Å². The molecule has 1 aromatic carbocycles. The third-order valence-corrected chi connectivity index (χ3v) is 5.12. The highest BCUT2D eigenvalue weighted by molar-refractivity contribution is 7.98. The van der Waals surface area contributed by atoms with Crippen LogP contribution in [0.3, 0.4) is 0 Å². The molecule has 6 heteroatoms. The van der Waals surface area contributed by atoms with Crippen LogP contribution in [0.4, 0.5) is 0 Å². The van der Waals surface area contributed by atoms with Gasteiger partial charge in [-0.3, -0.25) is 9.59 Å². The lowest BCUT2D eigenvalue weighted by Gasteiger charge is -2.10. The summed E-state index contributed by atoms with van der Waals surface area (Å²) in [5, 5.41) is 14.5. The average molecular weight is 345 g/mol. The van der Waals surface area contributed by atoms with Crippen LogP contribution in [0, 0.1) is 17.2 Å². The van der Waals surface area contributed by atoms with Crippen LogP contribution in [-0.2, 0) is 15.3 Å². The van der Waals surface area contributed by atoms with Crippen molar-refractivity contribution in [2.45, 2.75) is 31.4 Å². The second-order valence-electron chi connectivity index (χ2n) is 5.87. The first-order valence-corrected chi connectivity index (χ1v) is 9.46. The molecule has 0 bridgehead atoms. The number of carbonyl (C=O) groups excluding carboxylic acids is 2. The molecule has 0 aliphatic heterocycles. The molecule has 0 unspecified atom stereocenters. The van der Waals surface area contributed by atoms with Gasteiger partial charge in [-0.2, -0.15) is 17.0 Å². The van der Waals surface area contributed by atoms with E-state index in [4.69, 9.17) is 5.26 Å². The van der Waals surface area contributed by atoms with Gasteiger partial charge in [0.1, 0.15) is 0 Å². The van der Waals surface area contributed by atoms with Gasteiger partial charge in [0.25, 0.3) is 0 Å². The van der Waals surface area contributed by atoms with Crippen molar-refractivity contribution in [2.75, 3.05) is 18.8 Å². The molecule has 1 saturated carbocycles. The summed E-state index contributed by atoms with van der Waals surface area (Å²) in [5.41, 5.74) is 1.71. The average Bonchev–Trinajstić information content (AvgIpc) is 3.14. The van der Waals surface area contributed by atoms with E-state index in [2.05, 4.69) is 16.7 Å². The topological polar surface area (TPSA) is 82.0 Å². The highest BCUT2D eigenvalue weighted by atomic mass is 32.2. The fraction of sp³-hybridized carbons (Fsp3) is 0.500. The zero-order chi connectivity index (χ0) is 17.2. The van der Waals surface area contributed by atoms with E-state index in [9.17, 15) is 9.59 Å². The highest BCUT2D eigenvalue weighted by Gasteiger charge is 2.22. The van der Waals surface area contributed by atoms with Gasteiger partial charge < -0.3 is 10.6 Å². The summed E-state index contributed by atoms with van der Waals surface area (Å²) in [4.78, 5) is 23.5. The molecule has 128 valence electrons. The minimum absolute atomic E-state index is 0.00476. The summed E-state index contributed by atoms with van der Waals surface area (Å²) in [6.07, 6.45) is 4.09. The summed E-state index contributed by atoms with van der Waals surface area (Å²) in [5.74, 6) is 1.46. The van der Waals surface area contributed by atoms with E-state index in [0.29, 0.717) is 12.1 Å². The van der Waals surface area contributed by atoms with Gasteiger partial charge >= 0.3 is 0 Å². The molecule has 1 aliphatic rings. The predicted octanol–water partition coefficient (Wildman–Crippen LogP) is 2.21. The van der Waals surface area contributed by atoms with E-state index in [0.717, 1.165) is 42.8 Å². The number of hydrogen-bond donors (Lipinski definition) is 2. The zero-order valence-corrected chi connectivity index (χ0v) is 14.5. The van der Waals surface area contributed by atoms with E-state index < -0.39 is 0 Å². The number of hydrogen-bond acceptors (Lipinski definition) is 4. The standard InChI is InChI=1S/C18H23N3O2S/c19-11-15-7-3-4-8-16(15)13-24-10-9-20-17(22)12-21-18(23)14-5-1-2-6-14/h3-4,7-8,14H,1-2,5-6,9-10,12-13H2,(H,20,22)(H,21,23). The third kappa shape index (κ3) is 5.89. The summed E-state index contributed by atoms with van der Waals surface area (Å²) >= 11 is 1.67. The Balaban J connectivity index is 1.56. The Bertz CT molecular complexity index is 607. The van der Waals surface area contributed by atoms with Crippen LogP contribution in [0.1, 0.15) is 36.8 Å². The molecule has 0 radical (unpaired) electrons. The molecule has 1 aromatic rings. The number of nitrogens with zero attached hydrogens (tertiary/aromatic N) is 1. The number of carbonyl (C=O) groups is 2.